The van der Waals surface area contributed by atoms with E-state index in [1.54, 1.807) is 6.26 Å². The smallest absolute Gasteiger partial charge is 0.138 e. The second kappa shape index (κ2) is 1.33. The van der Waals surface area contributed by atoms with Gasteiger partial charge in [0, 0.05) is 6.42 Å². The molecular weight excluding hydrogens is 76.1 g/mol. The van der Waals surface area contributed by atoms with Crippen molar-refractivity contribution in [2.24, 2.45) is 0 Å². The number of hydrogen-bond acceptors (Lipinski definition) is 1. The molecule has 1 heteroatoms. The second-order valence-corrected chi connectivity index (χ2v) is 1.45. The van der Waals surface area contributed by atoms with Crippen LogP contribution in [-0.4, -0.2) is 0 Å². The van der Waals surface area contributed by atoms with E-state index in [9.17, 15) is 0 Å². The van der Waals surface area contributed by atoms with E-state index < -0.39 is 0 Å². The van der Waals surface area contributed by atoms with Crippen molar-refractivity contribution in [3.8, 4) is 0 Å². The highest BCUT2D eigenvalue weighted by atomic mass is 16.5. The number of ether oxygens (including phenoxy) is 1. The first-order valence-electron chi connectivity index (χ1n) is 2.29. The van der Waals surface area contributed by atoms with Gasteiger partial charge in [-0.15, -0.1) is 0 Å². The molecule has 1 rings (SSSR count). The molecule has 0 N–H and O–H groups in total. The minimum absolute atomic E-state index is 1.12. The summed E-state index contributed by atoms with van der Waals surface area (Å²) in [7, 11) is 0. The number of allylic oxidation sites excluding steroid dienone is 1. The van der Waals surface area contributed by atoms with Gasteiger partial charge in [-0.3, -0.25) is 0 Å². The summed E-state index contributed by atoms with van der Waals surface area (Å²) < 4.78 is 4.74. The SMILES string of the molecule is CCCC1=CO1. The summed E-state index contributed by atoms with van der Waals surface area (Å²) in [5.41, 5.74) is 0. The predicted octanol–water partition coefficient (Wildman–Crippen LogP) is 1.66. The van der Waals surface area contributed by atoms with Crippen LogP contribution in [0.4, 0.5) is 0 Å². The summed E-state index contributed by atoms with van der Waals surface area (Å²) in [6.07, 6.45) is 4.12. The van der Waals surface area contributed by atoms with Gasteiger partial charge in [0.15, 0.2) is 0 Å². The molecule has 0 aromatic carbocycles. The van der Waals surface area contributed by atoms with Gasteiger partial charge in [0.25, 0.3) is 0 Å². The first kappa shape index (κ1) is 3.72. The maximum Gasteiger partial charge on any atom is 0.138 e. The average molecular weight is 84.1 g/mol. The van der Waals surface area contributed by atoms with E-state index in [0.29, 0.717) is 0 Å². The Balaban J connectivity index is 2.02. The van der Waals surface area contributed by atoms with Crippen LogP contribution in [-0.2, 0) is 4.74 Å². The largest absolute Gasteiger partial charge is 0.463 e. The third kappa shape index (κ3) is 0.744. The van der Waals surface area contributed by atoms with Gasteiger partial charge in [-0.1, -0.05) is 6.92 Å². The minimum Gasteiger partial charge on any atom is -0.463 e. The van der Waals surface area contributed by atoms with Gasteiger partial charge in [-0.05, 0) is 6.42 Å². The predicted molar refractivity (Wildman–Crippen MR) is 24.1 cm³/mol. The lowest BCUT2D eigenvalue weighted by molar-refractivity contribution is 0.480. The molecule has 1 aliphatic rings. The van der Waals surface area contributed by atoms with Crippen molar-refractivity contribution in [1.29, 1.82) is 0 Å². The van der Waals surface area contributed by atoms with E-state index in [2.05, 4.69) is 6.92 Å². The zero-order valence-electron chi connectivity index (χ0n) is 3.90. The van der Waals surface area contributed by atoms with Crippen LogP contribution in [0.15, 0.2) is 12.0 Å². The van der Waals surface area contributed by atoms with Gasteiger partial charge < -0.3 is 4.74 Å². The van der Waals surface area contributed by atoms with E-state index in [1.165, 1.54) is 6.42 Å². The van der Waals surface area contributed by atoms with Crippen molar-refractivity contribution in [2.75, 3.05) is 0 Å². The molecule has 0 bridgehead atoms. The highest BCUT2D eigenvalue weighted by Gasteiger charge is 2.05. The molecule has 0 radical (unpaired) electrons. The van der Waals surface area contributed by atoms with E-state index in [-0.39, 0.29) is 0 Å². The Labute approximate surface area is 37.6 Å². The Bertz CT molecular complexity index is 74.0. The molecule has 0 unspecified atom stereocenters. The van der Waals surface area contributed by atoms with Crippen molar-refractivity contribution < 1.29 is 4.74 Å². The summed E-state index contributed by atoms with van der Waals surface area (Å²) in [5.74, 6) is 1.16. The summed E-state index contributed by atoms with van der Waals surface area (Å²) >= 11 is 0. The Morgan fingerprint density at radius 3 is 2.67 bits per heavy atom. The molecule has 0 aromatic rings. The number of hydrogen-bond donors (Lipinski definition) is 0. The average Bonchev–Trinajstić information content (AvgIpc) is 2.21. The Hall–Kier alpha value is -0.460. The molecular formula is C5H8O. The van der Waals surface area contributed by atoms with Gasteiger partial charge in [0.1, 0.15) is 12.0 Å². The first-order valence-corrected chi connectivity index (χ1v) is 2.29. The van der Waals surface area contributed by atoms with Crippen LogP contribution in [0.3, 0.4) is 0 Å². The molecule has 0 amide bonds. The van der Waals surface area contributed by atoms with Gasteiger partial charge >= 0.3 is 0 Å². The fourth-order valence-corrected chi connectivity index (χ4v) is 0.406. The Morgan fingerprint density at radius 1 is 1.83 bits per heavy atom. The minimum atomic E-state index is 1.12. The van der Waals surface area contributed by atoms with Crippen molar-refractivity contribution in [2.45, 2.75) is 19.8 Å². The third-order valence-corrected chi connectivity index (χ3v) is 0.781. The molecule has 1 aliphatic heterocycles. The Kier molecular flexibility index (Phi) is 0.825. The monoisotopic (exact) mass is 84.1 g/mol. The normalized spacial score (nSPS) is 15.8. The van der Waals surface area contributed by atoms with Gasteiger partial charge in [-0.25, -0.2) is 0 Å². The molecule has 0 aliphatic carbocycles. The van der Waals surface area contributed by atoms with E-state index in [4.69, 9.17) is 4.74 Å². The first-order chi connectivity index (χ1) is 2.93. The van der Waals surface area contributed by atoms with E-state index >= 15 is 0 Å². The van der Waals surface area contributed by atoms with E-state index in [1.807, 2.05) is 0 Å². The third-order valence-electron chi connectivity index (χ3n) is 0.781. The zero-order chi connectivity index (χ0) is 4.41. The van der Waals surface area contributed by atoms with Crippen LogP contribution in [0.5, 0.6) is 0 Å². The summed E-state index contributed by atoms with van der Waals surface area (Å²) in [6, 6.07) is 0. The molecule has 1 nitrogen and oxygen atoms in total. The summed E-state index contributed by atoms with van der Waals surface area (Å²) in [4.78, 5) is 0. The zero-order valence-corrected chi connectivity index (χ0v) is 3.90. The van der Waals surface area contributed by atoms with Gasteiger partial charge in [0.2, 0.25) is 0 Å². The molecule has 0 spiro atoms. The Morgan fingerprint density at radius 2 is 2.50 bits per heavy atom. The fraction of sp³-hybridized carbons (Fsp3) is 0.600. The maximum atomic E-state index is 4.74. The molecule has 0 fully saturated rings. The van der Waals surface area contributed by atoms with Crippen molar-refractivity contribution in [3.63, 3.8) is 0 Å². The fourth-order valence-electron chi connectivity index (χ4n) is 0.406. The quantitative estimate of drug-likeness (QED) is 0.495. The highest BCUT2D eigenvalue weighted by Crippen LogP contribution is 2.18. The molecule has 0 aromatic heterocycles. The lowest BCUT2D eigenvalue weighted by atomic mass is 10.3. The maximum absolute atomic E-state index is 4.74. The molecule has 0 atom stereocenters. The van der Waals surface area contributed by atoms with Crippen LogP contribution in [0.2, 0.25) is 0 Å². The number of rotatable bonds is 2. The van der Waals surface area contributed by atoms with Crippen molar-refractivity contribution in [3.05, 3.63) is 12.0 Å². The molecule has 0 saturated carbocycles. The standard InChI is InChI=1S/C5H8O/c1-2-3-5-4-6-5/h4H,2-3H2,1H3. The molecule has 6 heavy (non-hydrogen) atoms. The summed E-state index contributed by atoms with van der Waals surface area (Å²) in [5, 5.41) is 0. The van der Waals surface area contributed by atoms with Crippen LogP contribution in [0.1, 0.15) is 19.8 Å². The lowest BCUT2D eigenvalue weighted by Gasteiger charge is -1.76. The second-order valence-electron chi connectivity index (χ2n) is 1.45. The van der Waals surface area contributed by atoms with Crippen LogP contribution in [0, 0.1) is 0 Å². The lowest BCUT2D eigenvalue weighted by Crippen LogP contribution is -1.61. The van der Waals surface area contributed by atoms with Crippen LogP contribution < -0.4 is 0 Å². The highest BCUT2D eigenvalue weighted by molar-refractivity contribution is 5.01. The topological polar surface area (TPSA) is 12.5 Å². The molecule has 1 heterocycles. The molecule has 0 saturated heterocycles. The van der Waals surface area contributed by atoms with Crippen LogP contribution >= 0.6 is 0 Å². The van der Waals surface area contributed by atoms with E-state index in [0.717, 1.165) is 12.2 Å². The van der Waals surface area contributed by atoms with Crippen molar-refractivity contribution in [1.82, 2.24) is 0 Å². The van der Waals surface area contributed by atoms with Gasteiger partial charge in [-0.2, -0.15) is 0 Å². The molecule has 34 valence electrons. The van der Waals surface area contributed by atoms with Crippen molar-refractivity contribution >= 4 is 0 Å². The van der Waals surface area contributed by atoms with Crippen LogP contribution in [0.25, 0.3) is 0 Å². The van der Waals surface area contributed by atoms with Gasteiger partial charge in [0.05, 0.1) is 0 Å². The summed E-state index contributed by atoms with van der Waals surface area (Å²) in [6.45, 7) is 2.14.